The molecule has 0 spiro atoms. The highest BCUT2D eigenvalue weighted by Gasteiger charge is 2.13. The fourth-order valence-electron chi connectivity index (χ4n) is 1.57. The van der Waals surface area contributed by atoms with Gasteiger partial charge in [-0.3, -0.25) is 0 Å². The Bertz CT molecular complexity index is 487. The SMILES string of the molecule is Cc1cc(C(Br)Cc2ccc(F)cc2)sc1Cl. The molecule has 1 atom stereocenters. The zero-order valence-electron chi connectivity index (χ0n) is 9.21. The number of halogens is 3. The van der Waals surface area contributed by atoms with Crippen molar-refractivity contribution in [2.75, 3.05) is 0 Å². The van der Waals surface area contributed by atoms with E-state index in [1.165, 1.54) is 17.0 Å². The quantitative estimate of drug-likeness (QED) is 0.648. The minimum atomic E-state index is -0.199. The molecule has 1 unspecified atom stereocenters. The molecule has 0 amide bonds. The van der Waals surface area contributed by atoms with E-state index < -0.39 is 0 Å². The van der Waals surface area contributed by atoms with Crippen LogP contribution in [0.3, 0.4) is 0 Å². The molecule has 0 radical (unpaired) electrons. The average Bonchev–Trinajstić information content (AvgIpc) is 2.63. The van der Waals surface area contributed by atoms with E-state index in [1.807, 2.05) is 19.1 Å². The van der Waals surface area contributed by atoms with Gasteiger partial charge < -0.3 is 0 Å². The van der Waals surface area contributed by atoms with E-state index in [0.29, 0.717) is 0 Å². The van der Waals surface area contributed by atoms with Crippen molar-refractivity contribution >= 4 is 38.9 Å². The maximum atomic E-state index is 12.8. The maximum absolute atomic E-state index is 12.8. The van der Waals surface area contributed by atoms with Gasteiger partial charge in [0.1, 0.15) is 5.82 Å². The van der Waals surface area contributed by atoms with Crippen LogP contribution in [-0.4, -0.2) is 0 Å². The summed E-state index contributed by atoms with van der Waals surface area (Å²) in [6.45, 7) is 2.00. The Morgan fingerprint density at radius 1 is 1.35 bits per heavy atom. The monoisotopic (exact) mass is 332 g/mol. The van der Waals surface area contributed by atoms with Crippen molar-refractivity contribution in [1.29, 1.82) is 0 Å². The second-order valence-electron chi connectivity index (χ2n) is 3.90. The molecule has 1 aromatic heterocycles. The molecule has 1 aromatic carbocycles. The maximum Gasteiger partial charge on any atom is 0.123 e. The number of aryl methyl sites for hydroxylation is 1. The third-order valence-electron chi connectivity index (χ3n) is 2.51. The standard InChI is InChI=1S/C13H11BrClFS/c1-8-6-12(17-13(8)15)11(14)7-9-2-4-10(16)5-3-9/h2-6,11H,7H2,1H3. The van der Waals surface area contributed by atoms with E-state index >= 15 is 0 Å². The molecule has 0 aliphatic carbocycles. The molecule has 0 aliphatic rings. The van der Waals surface area contributed by atoms with E-state index in [-0.39, 0.29) is 10.6 Å². The molecule has 4 heteroatoms. The van der Waals surface area contributed by atoms with E-state index in [9.17, 15) is 4.39 Å². The van der Waals surface area contributed by atoms with Gasteiger partial charge in [0.25, 0.3) is 0 Å². The summed E-state index contributed by atoms with van der Waals surface area (Å²) in [4.78, 5) is 1.43. The third kappa shape index (κ3) is 3.30. The molecule has 90 valence electrons. The van der Waals surface area contributed by atoms with Gasteiger partial charge in [-0.2, -0.15) is 0 Å². The van der Waals surface area contributed by atoms with Crippen LogP contribution < -0.4 is 0 Å². The summed E-state index contributed by atoms with van der Waals surface area (Å²) in [5.74, 6) is -0.199. The van der Waals surface area contributed by atoms with Gasteiger partial charge in [0.2, 0.25) is 0 Å². The first-order valence-electron chi connectivity index (χ1n) is 5.20. The molecule has 0 saturated heterocycles. The Kier molecular flexibility index (Phi) is 4.23. The van der Waals surface area contributed by atoms with Gasteiger partial charge in [0, 0.05) is 4.88 Å². The van der Waals surface area contributed by atoms with Crippen molar-refractivity contribution in [2.24, 2.45) is 0 Å². The van der Waals surface area contributed by atoms with Crippen LogP contribution in [0.4, 0.5) is 4.39 Å². The minimum Gasteiger partial charge on any atom is -0.207 e. The molecule has 2 rings (SSSR count). The summed E-state index contributed by atoms with van der Waals surface area (Å²) < 4.78 is 13.6. The Labute approximate surface area is 118 Å². The van der Waals surface area contributed by atoms with Crippen molar-refractivity contribution in [3.63, 3.8) is 0 Å². The Hall–Kier alpha value is -0.380. The Balaban J connectivity index is 2.11. The summed E-state index contributed by atoms with van der Waals surface area (Å²) in [5.41, 5.74) is 2.21. The van der Waals surface area contributed by atoms with Gasteiger partial charge in [0.15, 0.2) is 0 Å². The summed E-state index contributed by atoms with van der Waals surface area (Å²) in [6.07, 6.45) is 0.830. The summed E-state index contributed by atoms with van der Waals surface area (Å²) in [5, 5.41) is 0. The number of hydrogen-bond acceptors (Lipinski definition) is 1. The zero-order chi connectivity index (χ0) is 12.4. The van der Waals surface area contributed by atoms with Crippen molar-refractivity contribution in [1.82, 2.24) is 0 Å². The Morgan fingerprint density at radius 2 is 2.00 bits per heavy atom. The number of hydrogen-bond donors (Lipinski definition) is 0. The molecule has 17 heavy (non-hydrogen) atoms. The lowest BCUT2D eigenvalue weighted by Gasteiger charge is -2.07. The summed E-state index contributed by atoms with van der Waals surface area (Å²) in [6, 6.07) is 8.69. The fourth-order valence-corrected chi connectivity index (χ4v) is 3.55. The topological polar surface area (TPSA) is 0 Å². The molecule has 0 saturated carbocycles. The lowest BCUT2D eigenvalue weighted by atomic mass is 10.1. The lowest BCUT2D eigenvalue weighted by Crippen LogP contribution is -1.92. The van der Waals surface area contributed by atoms with Crippen LogP contribution in [0, 0.1) is 12.7 Å². The summed E-state index contributed by atoms with van der Waals surface area (Å²) >= 11 is 11.3. The molecule has 0 fully saturated rings. The van der Waals surface area contributed by atoms with Gasteiger partial charge in [-0.05, 0) is 42.7 Å². The molecule has 0 N–H and O–H groups in total. The Morgan fingerprint density at radius 3 is 2.53 bits per heavy atom. The molecule has 0 nitrogen and oxygen atoms in total. The smallest absolute Gasteiger partial charge is 0.123 e. The van der Waals surface area contributed by atoms with E-state index in [1.54, 1.807) is 11.3 Å². The van der Waals surface area contributed by atoms with Gasteiger partial charge in [-0.1, -0.05) is 39.7 Å². The van der Waals surface area contributed by atoms with E-state index in [0.717, 1.165) is 21.9 Å². The third-order valence-corrected chi connectivity index (χ3v) is 5.30. The van der Waals surface area contributed by atoms with Crippen LogP contribution in [0.1, 0.15) is 20.8 Å². The highest BCUT2D eigenvalue weighted by molar-refractivity contribution is 9.09. The number of benzene rings is 1. The molecule has 2 aromatic rings. The van der Waals surface area contributed by atoms with Crippen LogP contribution in [-0.2, 0) is 6.42 Å². The molecule has 0 bridgehead atoms. The van der Waals surface area contributed by atoms with Crippen LogP contribution in [0.5, 0.6) is 0 Å². The number of alkyl halides is 1. The van der Waals surface area contributed by atoms with Crippen LogP contribution in [0.15, 0.2) is 30.3 Å². The van der Waals surface area contributed by atoms with Crippen molar-refractivity contribution in [2.45, 2.75) is 18.2 Å². The second-order valence-corrected chi connectivity index (χ2v) is 6.69. The van der Waals surface area contributed by atoms with Gasteiger partial charge in [-0.25, -0.2) is 4.39 Å². The first-order chi connectivity index (χ1) is 8.06. The highest BCUT2D eigenvalue weighted by atomic mass is 79.9. The van der Waals surface area contributed by atoms with Gasteiger partial charge in [0.05, 0.1) is 9.16 Å². The highest BCUT2D eigenvalue weighted by Crippen LogP contribution is 2.36. The predicted molar refractivity (Wildman–Crippen MR) is 75.8 cm³/mol. The van der Waals surface area contributed by atoms with E-state index in [4.69, 9.17) is 11.6 Å². The second kappa shape index (κ2) is 5.51. The molecule has 0 aliphatic heterocycles. The largest absolute Gasteiger partial charge is 0.207 e. The minimum absolute atomic E-state index is 0.199. The first-order valence-corrected chi connectivity index (χ1v) is 7.31. The molecular weight excluding hydrogens is 323 g/mol. The average molecular weight is 334 g/mol. The van der Waals surface area contributed by atoms with Gasteiger partial charge >= 0.3 is 0 Å². The van der Waals surface area contributed by atoms with Gasteiger partial charge in [-0.15, -0.1) is 11.3 Å². The van der Waals surface area contributed by atoms with Crippen molar-refractivity contribution in [3.05, 3.63) is 56.5 Å². The van der Waals surface area contributed by atoms with Crippen LogP contribution in [0.25, 0.3) is 0 Å². The predicted octanol–water partition coefficient (Wildman–Crippen LogP) is 5.53. The van der Waals surface area contributed by atoms with E-state index in [2.05, 4.69) is 22.0 Å². The molecular formula is C13H11BrClFS. The lowest BCUT2D eigenvalue weighted by molar-refractivity contribution is 0.627. The zero-order valence-corrected chi connectivity index (χ0v) is 12.4. The fraction of sp³-hybridized carbons (Fsp3) is 0.231. The summed E-state index contributed by atoms with van der Waals surface area (Å²) in [7, 11) is 0. The number of rotatable bonds is 3. The molecule has 1 heterocycles. The van der Waals surface area contributed by atoms with Crippen molar-refractivity contribution in [3.8, 4) is 0 Å². The normalized spacial score (nSPS) is 12.7. The van der Waals surface area contributed by atoms with Crippen molar-refractivity contribution < 1.29 is 4.39 Å². The van der Waals surface area contributed by atoms with Crippen LogP contribution in [0.2, 0.25) is 4.34 Å². The van der Waals surface area contributed by atoms with Crippen LogP contribution >= 0.6 is 38.9 Å². The number of thiophene rings is 1. The first kappa shape index (κ1) is 13.1.